The quantitative estimate of drug-likeness (QED) is 0.766. The van der Waals surface area contributed by atoms with E-state index in [1.807, 2.05) is 37.3 Å². The van der Waals surface area contributed by atoms with Gasteiger partial charge >= 0.3 is 0 Å². The fourth-order valence-electron chi connectivity index (χ4n) is 2.67. The molecule has 0 heterocycles. The van der Waals surface area contributed by atoms with Crippen molar-refractivity contribution in [3.05, 3.63) is 65.7 Å². The molecule has 0 fully saturated rings. The summed E-state index contributed by atoms with van der Waals surface area (Å²) in [5, 5.41) is 2.81. The molecule has 1 atom stereocenters. The predicted molar refractivity (Wildman–Crippen MR) is 110 cm³/mol. The van der Waals surface area contributed by atoms with Crippen molar-refractivity contribution >= 4 is 27.5 Å². The summed E-state index contributed by atoms with van der Waals surface area (Å²) in [7, 11) is -0.413. The molecule has 2 amide bonds. The number of anilines is 1. The van der Waals surface area contributed by atoms with Crippen LogP contribution in [0.2, 0.25) is 0 Å². The Morgan fingerprint density at radius 2 is 1.57 bits per heavy atom. The first kappa shape index (κ1) is 21.4. The molecule has 2 rings (SSSR count). The summed E-state index contributed by atoms with van der Waals surface area (Å²) in [6.45, 7) is 1.48. The molecule has 0 saturated carbocycles. The molecule has 0 saturated heterocycles. The van der Waals surface area contributed by atoms with Gasteiger partial charge in [-0.25, -0.2) is 8.42 Å². The molecule has 0 aliphatic carbocycles. The molecule has 0 spiro atoms. The highest BCUT2D eigenvalue weighted by atomic mass is 32.2. The summed E-state index contributed by atoms with van der Waals surface area (Å²) in [5.41, 5.74) is 1.68. The van der Waals surface area contributed by atoms with E-state index in [-0.39, 0.29) is 18.5 Å². The molecule has 1 N–H and O–H groups in total. The monoisotopic (exact) mass is 403 g/mol. The number of carbonyl (C=O) groups excluding carboxylic acids is 2. The Balaban J connectivity index is 2.16. The van der Waals surface area contributed by atoms with E-state index in [2.05, 4.69) is 5.32 Å². The summed E-state index contributed by atoms with van der Waals surface area (Å²) in [4.78, 5) is 25.9. The van der Waals surface area contributed by atoms with Crippen molar-refractivity contribution in [2.45, 2.75) is 13.0 Å². The maximum atomic E-state index is 12.4. The smallest absolute Gasteiger partial charge is 0.253 e. The van der Waals surface area contributed by atoms with Gasteiger partial charge in [0.1, 0.15) is 6.54 Å². The molecule has 0 aliphatic heterocycles. The van der Waals surface area contributed by atoms with Crippen molar-refractivity contribution in [3.63, 3.8) is 0 Å². The second-order valence-corrected chi connectivity index (χ2v) is 8.62. The van der Waals surface area contributed by atoms with E-state index in [1.165, 1.54) is 17.0 Å². The van der Waals surface area contributed by atoms with Crippen molar-refractivity contribution in [1.82, 2.24) is 10.2 Å². The maximum Gasteiger partial charge on any atom is 0.253 e. The van der Waals surface area contributed by atoms with Gasteiger partial charge in [-0.15, -0.1) is 0 Å². The number of nitrogens with zero attached hydrogens (tertiary/aromatic N) is 2. The van der Waals surface area contributed by atoms with E-state index >= 15 is 0 Å². The Labute approximate surface area is 166 Å². The van der Waals surface area contributed by atoms with Gasteiger partial charge in [-0.1, -0.05) is 30.3 Å². The largest absolute Gasteiger partial charge is 0.348 e. The highest BCUT2D eigenvalue weighted by molar-refractivity contribution is 7.92. The molecule has 0 aromatic heterocycles. The number of hydrogen-bond donors (Lipinski definition) is 1. The Morgan fingerprint density at radius 1 is 1.00 bits per heavy atom. The first-order valence-electron chi connectivity index (χ1n) is 8.73. The Bertz CT molecular complexity index is 926. The lowest BCUT2D eigenvalue weighted by Gasteiger charge is -2.23. The molecule has 8 heteroatoms. The van der Waals surface area contributed by atoms with Crippen LogP contribution in [0.5, 0.6) is 0 Å². The Morgan fingerprint density at radius 3 is 2.07 bits per heavy atom. The van der Waals surface area contributed by atoms with Crippen molar-refractivity contribution in [2.75, 3.05) is 31.2 Å². The minimum Gasteiger partial charge on any atom is -0.348 e. The number of carbonyl (C=O) groups is 2. The highest BCUT2D eigenvalue weighted by Gasteiger charge is 2.22. The van der Waals surface area contributed by atoms with Crippen LogP contribution in [-0.4, -0.2) is 52.0 Å². The lowest BCUT2D eigenvalue weighted by atomic mass is 10.1. The SMILES string of the molecule is CC(NC(=O)CN(c1ccc(C(=O)N(C)C)cc1)S(C)(=O)=O)c1ccccc1. The van der Waals surface area contributed by atoms with Gasteiger partial charge in [0.15, 0.2) is 0 Å². The zero-order valence-electron chi connectivity index (χ0n) is 16.4. The molecule has 150 valence electrons. The van der Waals surface area contributed by atoms with Gasteiger partial charge in [-0.05, 0) is 36.8 Å². The molecule has 7 nitrogen and oxygen atoms in total. The predicted octanol–water partition coefficient (Wildman–Crippen LogP) is 2.03. The Hall–Kier alpha value is -2.87. The van der Waals surface area contributed by atoms with Gasteiger partial charge in [-0.2, -0.15) is 0 Å². The van der Waals surface area contributed by atoms with E-state index in [1.54, 1.807) is 26.2 Å². The van der Waals surface area contributed by atoms with Crippen LogP contribution in [0.4, 0.5) is 5.69 Å². The van der Waals surface area contributed by atoms with Gasteiger partial charge in [0.2, 0.25) is 15.9 Å². The average Bonchev–Trinajstić information content (AvgIpc) is 2.65. The van der Waals surface area contributed by atoms with E-state index in [0.717, 1.165) is 16.1 Å². The molecule has 2 aromatic rings. The third kappa shape index (κ3) is 5.56. The maximum absolute atomic E-state index is 12.4. The van der Waals surface area contributed by atoms with Crippen LogP contribution in [0, 0.1) is 0 Å². The third-order valence-corrected chi connectivity index (χ3v) is 5.31. The Kier molecular flexibility index (Phi) is 6.80. The van der Waals surface area contributed by atoms with E-state index in [4.69, 9.17) is 0 Å². The van der Waals surface area contributed by atoms with Crippen molar-refractivity contribution in [3.8, 4) is 0 Å². The van der Waals surface area contributed by atoms with Crippen molar-refractivity contribution in [1.29, 1.82) is 0 Å². The van der Waals surface area contributed by atoms with Crippen LogP contribution in [-0.2, 0) is 14.8 Å². The summed E-state index contributed by atoms with van der Waals surface area (Å²) in [6.07, 6.45) is 1.04. The number of nitrogens with one attached hydrogen (secondary N) is 1. The van der Waals surface area contributed by atoms with Crippen LogP contribution in [0.3, 0.4) is 0 Å². The summed E-state index contributed by atoms with van der Waals surface area (Å²) < 4.78 is 25.5. The molecular formula is C20H25N3O4S. The van der Waals surface area contributed by atoms with Crippen LogP contribution >= 0.6 is 0 Å². The normalized spacial score (nSPS) is 12.1. The van der Waals surface area contributed by atoms with Crippen LogP contribution in [0.15, 0.2) is 54.6 Å². The molecule has 1 unspecified atom stereocenters. The standard InChI is InChI=1S/C20H25N3O4S/c1-15(16-8-6-5-7-9-16)21-19(24)14-23(28(4,26)27)18-12-10-17(11-13-18)20(25)22(2)3/h5-13,15H,14H2,1-4H3,(H,21,24). The van der Waals surface area contributed by atoms with Gasteiger partial charge in [0.25, 0.3) is 5.91 Å². The molecule has 0 bridgehead atoms. The zero-order chi connectivity index (χ0) is 20.9. The molecule has 0 radical (unpaired) electrons. The number of hydrogen-bond acceptors (Lipinski definition) is 4. The molecular weight excluding hydrogens is 378 g/mol. The van der Waals surface area contributed by atoms with Gasteiger partial charge < -0.3 is 10.2 Å². The van der Waals surface area contributed by atoms with Crippen LogP contribution in [0.1, 0.15) is 28.9 Å². The summed E-state index contributed by atoms with van der Waals surface area (Å²) in [5.74, 6) is -0.609. The van der Waals surface area contributed by atoms with Crippen molar-refractivity contribution < 1.29 is 18.0 Å². The third-order valence-electron chi connectivity index (χ3n) is 4.17. The van der Waals surface area contributed by atoms with Crippen molar-refractivity contribution in [2.24, 2.45) is 0 Å². The number of amides is 2. The van der Waals surface area contributed by atoms with Gasteiger partial charge in [-0.3, -0.25) is 13.9 Å². The van der Waals surface area contributed by atoms with E-state index in [9.17, 15) is 18.0 Å². The zero-order valence-corrected chi connectivity index (χ0v) is 17.2. The summed E-state index contributed by atoms with van der Waals surface area (Å²) in [6, 6.07) is 15.3. The van der Waals surface area contributed by atoms with E-state index in [0.29, 0.717) is 11.3 Å². The second kappa shape index (κ2) is 8.88. The van der Waals surface area contributed by atoms with Gasteiger partial charge in [0.05, 0.1) is 18.0 Å². The van der Waals surface area contributed by atoms with Gasteiger partial charge in [0, 0.05) is 19.7 Å². The highest BCUT2D eigenvalue weighted by Crippen LogP contribution is 2.19. The number of benzene rings is 2. The number of sulfonamides is 1. The fraction of sp³-hybridized carbons (Fsp3) is 0.300. The number of rotatable bonds is 7. The molecule has 0 aliphatic rings. The first-order chi connectivity index (χ1) is 13.1. The average molecular weight is 404 g/mol. The fourth-order valence-corrected chi connectivity index (χ4v) is 3.53. The first-order valence-corrected chi connectivity index (χ1v) is 10.6. The van der Waals surface area contributed by atoms with E-state index < -0.39 is 15.9 Å². The lowest BCUT2D eigenvalue weighted by Crippen LogP contribution is -2.41. The van der Waals surface area contributed by atoms with Crippen LogP contribution in [0.25, 0.3) is 0 Å². The lowest BCUT2D eigenvalue weighted by molar-refractivity contribution is -0.120. The summed E-state index contributed by atoms with van der Waals surface area (Å²) >= 11 is 0. The molecule has 2 aromatic carbocycles. The minimum absolute atomic E-state index is 0.188. The van der Waals surface area contributed by atoms with Crippen LogP contribution < -0.4 is 9.62 Å². The molecule has 28 heavy (non-hydrogen) atoms. The second-order valence-electron chi connectivity index (χ2n) is 6.72. The minimum atomic E-state index is -3.69. The topological polar surface area (TPSA) is 86.8 Å².